The number of benzene rings is 2. The Kier molecular flexibility index (Phi) is 4.61. The number of fused-ring (bicyclic) bond motifs is 1. The highest BCUT2D eigenvalue weighted by atomic mass is 16.3. The summed E-state index contributed by atoms with van der Waals surface area (Å²) < 4.78 is 6.08. The van der Waals surface area contributed by atoms with Gasteiger partial charge in [-0.15, -0.1) is 0 Å². The lowest BCUT2D eigenvalue weighted by molar-refractivity contribution is 0.101. The van der Waals surface area contributed by atoms with Crippen LogP contribution in [0, 0.1) is 0 Å². The van der Waals surface area contributed by atoms with E-state index < -0.39 is 0 Å². The van der Waals surface area contributed by atoms with E-state index in [9.17, 15) is 9.59 Å². The second-order valence-electron chi connectivity index (χ2n) is 5.98. The maximum atomic E-state index is 13.0. The average Bonchev–Trinajstić information content (AvgIpc) is 2.61. The van der Waals surface area contributed by atoms with Gasteiger partial charge in [0.05, 0.1) is 5.39 Å². The van der Waals surface area contributed by atoms with Gasteiger partial charge in [0.2, 0.25) is 0 Å². The van der Waals surface area contributed by atoms with E-state index in [1.54, 1.807) is 18.2 Å². The molecule has 0 unspecified atom stereocenters. The molecule has 24 heavy (non-hydrogen) atoms. The number of rotatable bonds is 5. The third kappa shape index (κ3) is 3.02. The predicted molar refractivity (Wildman–Crippen MR) is 96.5 cm³/mol. The highest BCUT2D eigenvalue weighted by Crippen LogP contribution is 2.27. The smallest absolute Gasteiger partial charge is 0.196 e. The van der Waals surface area contributed by atoms with Crippen molar-refractivity contribution in [3.63, 3.8) is 0 Å². The molecule has 3 aromatic rings. The number of carbonyl (C=O) groups is 1. The van der Waals surface area contributed by atoms with Gasteiger partial charge in [0.15, 0.2) is 11.2 Å². The molecule has 0 saturated heterocycles. The number of carbonyl (C=O) groups excluding carboxylic acids is 1. The molecule has 0 radical (unpaired) electrons. The van der Waals surface area contributed by atoms with Crippen LogP contribution in [0.3, 0.4) is 0 Å². The van der Waals surface area contributed by atoms with E-state index in [2.05, 4.69) is 6.92 Å². The Hall–Kier alpha value is -2.68. The van der Waals surface area contributed by atoms with Crippen molar-refractivity contribution in [2.24, 2.45) is 0 Å². The molecule has 2 aromatic carbocycles. The van der Waals surface area contributed by atoms with Gasteiger partial charge < -0.3 is 4.42 Å². The van der Waals surface area contributed by atoms with Crippen molar-refractivity contribution in [2.75, 3.05) is 0 Å². The van der Waals surface area contributed by atoms with Crippen molar-refractivity contribution >= 4 is 16.8 Å². The van der Waals surface area contributed by atoms with E-state index >= 15 is 0 Å². The molecule has 0 amide bonds. The van der Waals surface area contributed by atoms with Crippen LogP contribution in [0.4, 0.5) is 0 Å². The summed E-state index contributed by atoms with van der Waals surface area (Å²) in [5.41, 5.74) is 2.61. The van der Waals surface area contributed by atoms with Crippen LogP contribution in [0.2, 0.25) is 0 Å². The van der Waals surface area contributed by atoms with Crippen LogP contribution in [0.5, 0.6) is 0 Å². The van der Waals surface area contributed by atoms with Crippen LogP contribution < -0.4 is 5.43 Å². The SMILES string of the molecule is CCCCc1c(-c2ccccc2)oc2ccc(C(C)=O)cc2c1=O. The van der Waals surface area contributed by atoms with Gasteiger partial charge in [-0.3, -0.25) is 9.59 Å². The molecular weight excluding hydrogens is 300 g/mol. The Balaban J connectivity index is 2.29. The molecule has 1 heterocycles. The van der Waals surface area contributed by atoms with E-state index in [4.69, 9.17) is 4.42 Å². The lowest BCUT2D eigenvalue weighted by Gasteiger charge is -2.10. The minimum Gasteiger partial charge on any atom is -0.456 e. The molecule has 0 saturated carbocycles. The van der Waals surface area contributed by atoms with Gasteiger partial charge >= 0.3 is 0 Å². The quantitative estimate of drug-likeness (QED) is 0.621. The normalized spacial score (nSPS) is 10.9. The summed E-state index contributed by atoms with van der Waals surface area (Å²) >= 11 is 0. The highest BCUT2D eigenvalue weighted by Gasteiger charge is 2.16. The molecule has 0 aliphatic heterocycles. The average molecular weight is 320 g/mol. The van der Waals surface area contributed by atoms with Crippen LogP contribution in [-0.2, 0) is 6.42 Å². The van der Waals surface area contributed by atoms with Crippen LogP contribution in [0.15, 0.2) is 57.7 Å². The molecule has 3 nitrogen and oxygen atoms in total. The minimum atomic E-state index is -0.0569. The lowest BCUT2D eigenvalue weighted by atomic mass is 9.99. The number of unbranched alkanes of at least 4 members (excludes halogenated alkanes) is 1. The van der Waals surface area contributed by atoms with E-state index in [0.29, 0.717) is 34.3 Å². The Morgan fingerprint density at radius 1 is 1.08 bits per heavy atom. The summed E-state index contributed by atoms with van der Waals surface area (Å²) in [6.45, 7) is 3.60. The molecule has 0 bridgehead atoms. The molecule has 3 rings (SSSR count). The summed E-state index contributed by atoms with van der Waals surface area (Å²) in [6, 6.07) is 14.8. The van der Waals surface area contributed by atoms with Crippen LogP contribution in [0.1, 0.15) is 42.6 Å². The summed E-state index contributed by atoms with van der Waals surface area (Å²) in [7, 11) is 0. The largest absolute Gasteiger partial charge is 0.456 e. The highest BCUT2D eigenvalue weighted by molar-refractivity contribution is 5.97. The molecule has 0 N–H and O–H groups in total. The molecule has 3 heteroatoms. The van der Waals surface area contributed by atoms with E-state index in [0.717, 1.165) is 18.4 Å². The zero-order valence-corrected chi connectivity index (χ0v) is 14.0. The van der Waals surface area contributed by atoms with Crippen molar-refractivity contribution < 1.29 is 9.21 Å². The van der Waals surface area contributed by atoms with Gasteiger partial charge in [-0.2, -0.15) is 0 Å². The third-order valence-corrected chi connectivity index (χ3v) is 4.21. The first-order chi connectivity index (χ1) is 11.6. The fraction of sp³-hybridized carbons (Fsp3) is 0.238. The predicted octanol–water partition coefficient (Wildman–Crippen LogP) is 5.01. The topological polar surface area (TPSA) is 47.3 Å². The molecule has 0 aliphatic rings. The first kappa shape index (κ1) is 16.2. The zero-order chi connectivity index (χ0) is 17.1. The van der Waals surface area contributed by atoms with Gasteiger partial charge in [-0.05, 0) is 38.0 Å². The molecule has 0 fully saturated rings. The maximum Gasteiger partial charge on any atom is 0.196 e. The minimum absolute atomic E-state index is 0.0355. The number of Topliss-reactive ketones (excluding diaryl/α,β-unsaturated/α-hetero) is 1. The molecule has 122 valence electrons. The zero-order valence-electron chi connectivity index (χ0n) is 14.0. The number of ketones is 1. The Morgan fingerprint density at radius 2 is 1.83 bits per heavy atom. The van der Waals surface area contributed by atoms with E-state index in [1.165, 1.54) is 6.92 Å². The lowest BCUT2D eigenvalue weighted by Crippen LogP contribution is -2.12. The van der Waals surface area contributed by atoms with Crippen LogP contribution in [-0.4, -0.2) is 5.78 Å². The van der Waals surface area contributed by atoms with Gasteiger partial charge in [-0.25, -0.2) is 0 Å². The summed E-state index contributed by atoms with van der Waals surface area (Å²) in [4.78, 5) is 24.6. The van der Waals surface area contributed by atoms with Crippen molar-refractivity contribution in [3.8, 4) is 11.3 Å². The summed E-state index contributed by atoms with van der Waals surface area (Å²) in [5, 5.41) is 0.480. The van der Waals surface area contributed by atoms with E-state index in [1.807, 2.05) is 30.3 Å². The standard InChI is InChI=1S/C21H20O3/c1-3-4-10-17-20(23)18-13-16(14(2)22)11-12-19(18)24-21(17)15-8-6-5-7-9-15/h5-9,11-13H,3-4,10H2,1-2H3. The second kappa shape index (κ2) is 6.83. The summed E-state index contributed by atoms with van der Waals surface area (Å²) in [5.74, 6) is 0.579. The Morgan fingerprint density at radius 3 is 2.50 bits per heavy atom. The van der Waals surface area contributed by atoms with Crippen LogP contribution in [0.25, 0.3) is 22.3 Å². The van der Waals surface area contributed by atoms with Gasteiger partial charge in [0, 0.05) is 16.7 Å². The molecular formula is C21H20O3. The first-order valence-corrected chi connectivity index (χ1v) is 8.28. The third-order valence-electron chi connectivity index (χ3n) is 4.21. The summed E-state index contributed by atoms with van der Waals surface area (Å²) in [6.07, 6.45) is 2.59. The maximum absolute atomic E-state index is 13.0. The van der Waals surface area contributed by atoms with E-state index in [-0.39, 0.29) is 11.2 Å². The van der Waals surface area contributed by atoms with Crippen molar-refractivity contribution in [2.45, 2.75) is 33.1 Å². The van der Waals surface area contributed by atoms with Crippen molar-refractivity contribution in [3.05, 3.63) is 69.9 Å². The Bertz CT molecular complexity index is 936. The van der Waals surface area contributed by atoms with Gasteiger partial charge in [0.1, 0.15) is 11.3 Å². The van der Waals surface area contributed by atoms with Crippen LogP contribution >= 0.6 is 0 Å². The Labute approximate surface area is 140 Å². The monoisotopic (exact) mass is 320 g/mol. The van der Waals surface area contributed by atoms with Crippen molar-refractivity contribution in [1.29, 1.82) is 0 Å². The molecule has 0 aliphatic carbocycles. The molecule has 0 spiro atoms. The fourth-order valence-corrected chi connectivity index (χ4v) is 2.86. The number of hydrogen-bond acceptors (Lipinski definition) is 3. The first-order valence-electron chi connectivity index (χ1n) is 8.28. The number of hydrogen-bond donors (Lipinski definition) is 0. The molecule has 0 atom stereocenters. The van der Waals surface area contributed by atoms with Gasteiger partial charge in [-0.1, -0.05) is 43.7 Å². The van der Waals surface area contributed by atoms with Crippen molar-refractivity contribution in [1.82, 2.24) is 0 Å². The second-order valence-corrected chi connectivity index (χ2v) is 5.98. The van der Waals surface area contributed by atoms with Gasteiger partial charge in [0.25, 0.3) is 0 Å². The fourth-order valence-electron chi connectivity index (χ4n) is 2.86. The molecule has 1 aromatic heterocycles.